The van der Waals surface area contributed by atoms with E-state index in [0.29, 0.717) is 0 Å². The van der Waals surface area contributed by atoms with Gasteiger partial charge in [0, 0.05) is 31.0 Å². The molecule has 1 fully saturated rings. The quantitative estimate of drug-likeness (QED) is 0.707. The van der Waals surface area contributed by atoms with Gasteiger partial charge in [-0.25, -0.2) is 0 Å². The van der Waals surface area contributed by atoms with E-state index >= 15 is 0 Å². The van der Waals surface area contributed by atoms with Crippen molar-refractivity contribution in [2.75, 3.05) is 29.9 Å². The Bertz CT molecular complexity index is 620. The summed E-state index contributed by atoms with van der Waals surface area (Å²) in [6.07, 6.45) is 4.29. The standard InChI is InChI=1S/C20H26N2.C3H6/c1-16-3-7-19(8-4-16)21-15-18-11-13-22(14-12-18)20-9-5-17(2)6-10-20;1-3-2/h3-10,18,21H,11-15H2,1-2H3;3H,1H2,2H3. The molecular formula is C23H32N2. The summed E-state index contributed by atoms with van der Waals surface area (Å²) in [6.45, 7) is 13.0. The van der Waals surface area contributed by atoms with Crippen molar-refractivity contribution in [2.24, 2.45) is 5.92 Å². The van der Waals surface area contributed by atoms with Crippen molar-refractivity contribution in [2.45, 2.75) is 33.6 Å². The third-order valence-electron chi connectivity index (χ3n) is 4.66. The molecule has 1 aliphatic rings. The Hall–Kier alpha value is -2.22. The number of hydrogen-bond acceptors (Lipinski definition) is 2. The number of anilines is 2. The van der Waals surface area contributed by atoms with Crippen LogP contribution in [0.25, 0.3) is 0 Å². The zero-order chi connectivity index (χ0) is 18.1. The number of nitrogens with one attached hydrogen (secondary N) is 1. The molecule has 1 heterocycles. The van der Waals surface area contributed by atoms with Crippen LogP contribution in [0.15, 0.2) is 61.2 Å². The van der Waals surface area contributed by atoms with Crippen molar-refractivity contribution in [1.29, 1.82) is 0 Å². The van der Waals surface area contributed by atoms with Crippen molar-refractivity contribution in [3.8, 4) is 0 Å². The van der Waals surface area contributed by atoms with Crippen molar-refractivity contribution in [3.05, 3.63) is 72.3 Å². The highest BCUT2D eigenvalue weighted by atomic mass is 15.1. The van der Waals surface area contributed by atoms with Gasteiger partial charge in [-0.05, 0) is 63.8 Å². The van der Waals surface area contributed by atoms with Crippen LogP contribution in [0.1, 0.15) is 30.9 Å². The Morgan fingerprint density at radius 3 is 1.96 bits per heavy atom. The molecule has 3 rings (SSSR count). The largest absolute Gasteiger partial charge is 0.385 e. The summed E-state index contributed by atoms with van der Waals surface area (Å²) in [5.41, 5.74) is 5.26. The average molecular weight is 337 g/mol. The zero-order valence-corrected chi connectivity index (χ0v) is 16.0. The van der Waals surface area contributed by atoms with E-state index < -0.39 is 0 Å². The molecule has 0 saturated carbocycles. The lowest BCUT2D eigenvalue weighted by atomic mass is 9.96. The van der Waals surface area contributed by atoms with Crippen molar-refractivity contribution in [1.82, 2.24) is 0 Å². The predicted octanol–water partition coefficient (Wildman–Crippen LogP) is 5.82. The first kappa shape index (κ1) is 19.1. The Morgan fingerprint density at radius 1 is 0.960 bits per heavy atom. The number of nitrogens with zero attached hydrogens (tertiary/aromatic N) is 1. The van der Waals surface area contributed by atoms with Gasteiger partial charge in [-0.15, -0.1) is 6.58 Å². The highest BCUT2D eigenvalue weighted by Crippen LogP contribution is 2.24. The molecule has 2 aromatic rings. The van der Waals surface area contributed by atoms with Gasteiger partial charge in [0.2, 0.25) is 0 Å². The van der Waals surface area contributed by atoms with Gasteiger partial charge in [0.1, 0.15) is 0 Å². The molecule has 134 valence electrons. The molecule has 0 aliphatic carbocycles. The fourth-order valence-corrected chi connectivity index (χ4v) is 3.08. The monoisotopic (exact) mass is 336 g/mol. The summed E-state index contributed by atoms with van der Waals surface area (Å²) < 4.78 is 0. The van der Waals surface area contributed by atoms with E-state index in [9.17, 15) is 0 Å². The lowest BCUT2D eigenvalue weighted by Gasteiger charge is -2.34. The molecule has 0 radical (unpaired) electrons. The fourth-order valence-electron chi connectivity index (χ4n) is 3.08. The average Bonchev–Trinajstić information content (AvgIpc) is 2.63. The van der Waals surface area contributed by atoms with Crippen LogP contribution in [0.2, 0.25) is 0 Å². The van der Waals surface area contributed by atoms with E-state index in [-0.39, 0.29) is 0 Å². The number of piperidine rings is 1. The molecule has 1 N–H and O–H groups in total. The smallest absolute Gasteiger partial charge is 0.0366 e. The Morgan fingerprint density at radius 2 is 1.44 bits per heavy atom. The topological polar surface area (TPSA) is 15.3 Å². The van der Waals surface area contributed by atoms with E-state index in [0.717, 1.165) is 12.5 Å². The Labute approximate surface area is 153 Å². The van der Waals surface area contributed by atoms with Gasteiger partial charge in [0.25, 0.3) is 0 Å². The number of rotatable bonds is 4. The van der Waals surface area contributed by atoms with Gasteiger partial charge < -0.3 is 10.2 Å². The molecular weight excluding hydrogens is 304 g/mol. The molecule has 1 saturated heterocycles. The van der Waals surface area contributed by atoms with Crippen LogP contribution in [0.4, 0.5) is 11.4 Å². The van der Waals surface area contributed by atoms with E-state index in [1.807, 2.05) is 6.92 Å². The summed E-state index contributed by atoms with van der Waals surface area (Å²) >= 11 is 0. The van der Waals surface area contributed by atoms with Crippen molar-refractivity contribution in [3.63, 3.8) is 0 Å². The number of hydrogen-bond donors (Lipinski definition) is 1. The molecule has 0 bridgehead atoms. The van der Waals surface area contributed by atoms with Crippen LogP contribution in [0.5, 0.6) is 0 Å². The number of aryl methyl sites for hydroxylation is 2. The van der Waals surface area contributed by atoms with Gasteiger partial charge in [-0.1, -0.05) is 41.5 Å². The minimum absolute atomic E-state index is 0.781. The molecule has 0 aromatic heterocycles. The molecule has 0 amide bonds. The van der Waals surface area contributed by atoms with Crippen molar-refractivity contribution < 1.29 is 0 Å². The molecule has 2 heteroatoms. The normalized spacial score (nSPS) is 14.4. The highest BCUT2D eigenvalue weighted by molar-refractivity contribution is 5.48. The third-order valence-corrected chi connectivity index (χ3v) is 4.66. The third kappa shape index (κ3) is 6.30. The summed E-state index contributed by atoms with van der Waals surface area (Å²) in [5, 5.41) is 3.59. The fraction of sp³-hybridized carbons (Fsp3) is 0.391. The maximum Gasteiger partial charge on any atom is 0.0366 e. The molecule has 0 spiro atoms. The first-order chi connectivity index (χ1) is 12.1. The maximum atomic E-state index is 3.59. The van der Waals surface area contributed by atoms with Crippen LogP contribution in [-0.4, -0.2) is 19.6 Å². The second kappa shape index (κ2) is 9.93. The molecule has 0 unspecified atom stereocenters. The number of allylic oxidation sites excluding steroid dienone is 1. The second-order valence-corrected chi connectivity index (χ2v) is 6.92. The molecule has 0 atom stereocenters. The first-order valence-electron chi connectivity index (χ1n) is 9.31. The van der Waals surface area contributed by atoms with Crippen LogP contribution in [0.3, 0.4) is 0 Å². The van der Waals surface area contributed by atoms with E-state index in [1.54, 1.807) is 6.08 Å². The first-order valence-corrected chi connectivity index (χ1v) is 9.31. The van der Waals surface area contributed by atoms with E-state index in [1.165, 1.54) is 48.4 Å². The predicted molar refractivity (Wildman–Crippen MR) is 112 cm³/mol. The van der Waals surface area contributed by atoms with E-state index in [4.69, 9.17) is 0 Å². The zero-order valence-electron chi connectivity index (χ0n) is 16.0. The summed E-state index contributed by atoms with van der Waals surface area (Å²) in [4.78, 5) is 2.52. The van der Waals surface area contributed by atoms with Crippen LogP contribution >= 0.6 is 0 Å². The van der Waals surface area contributed by atoms with E-state index in [2.05, 4.69) is 79.2 Å². The SMILES string of the molecule is C=CC.Cc1ccc(NCC2CCN(c3ccc(C)cc3)CC2)cc1. The summed E-state index contributed by atoms with van der Waals surface area (Å²) in [5.74, 6) is 0.781. The molecule has 25 heavy (non-hydrogen) atoms. The molecule has 2 nitrogen and oxygen atoms in total. The number of benzene rings is 2. The summed E-state index contributed by atoms with van der Waals surface area (Å²) in [7, 11) is 0. The minimum Gasteiger partial charge on any atom is -0.385 e. The lowest BCUT2D eigenvalue weighted by molar-refractivity contribution is 0.423. The van der Waals surface area contributed by atoms with Crippen molar-refractivity contribution >= 4 is 11.4 Å². The van der Waals surface area contributed by atoms with Gasteiger partial charge in [-0.3, -0.25) is 0 Å². The van der Waals surface area contributed by atoms with Crippen LogP contribution in [-0.2, 0) is 0 Å². The minimum atomic E-state index is 0.781. The Balaban J connectivity index is 0.000000701. The lowest BCUT2D eigenvalue weighted by Crippen LogP contribution is -2.35. The van der Waals surface area contributed by atoms with Gasteiger partial charge in [0.15, 0.2) is 0 Å². The Kier molecular flexibility index (Phi) is 7.59. The molecule has 1 aliphatic heterocycles. The van der Waals surface area contributed by atoms with Gasteiger partial charge in [-0.2, -0.15) is 0 Å². The highest BCUT2D eigenvalue weighted by Gasteiger charge is 2.19. The van der Waals surface area contributed by atoms with Crippen LogP contribution in [0, 0.1) is 19.8 Å². The van der Waals surface area contributed by atoms with Crippen LogP contribution < -0.4 is 10.2 Å². The van der Waals surface area contributed by atoms with Gasteiger partial charge >= 0.3 is 0 Å². The molecule has 2 aromatic carbocycles. The summed E-state index contributed by atoms with van der Waals surface area (Å²) in [6, 6.07) is 17.6. The van der Waals surface area contributed by atoms with Gasteiger partial charge in [0.05, 0.1) is 0 Å². The second-order valence-electron chi connectivity index (χ2n) is 6.92. The maximum absolute atomic E-state index is 3.59.